The van der Waals surface area contributed by atoms with E-state index in [-0.39, 0.29) is 23.5 Å². The summed E-state index contributed by atoms with van der Waals surface area (Å²) in [5.74, 6) is 1.40. The van der Waals surface area contributed by atoms with E-state index < -0.39 is 0 Å². The van der Waals surface area contributed by atoms with E-state index in [1.807, 2.05) is 24.3 Å². The first kappa shape index (κ1) is 19.5. The Labute approximate surface area is 171 Å². The standard InChI is InChI=1S/C23H26N2O4/c1-23(2)13-20-19(14-29-23)21(15-5-9-17(27-3)10-6-15)25(24-20)22(26)16-7-11-18(28-4)12-8-16/h5-12,19,21H,13-14H2,1-4H3/t19-,21-/m1/s1. The fourth-order valence-corrected chi connectivity index (χ4v) is 4.00. The number of carbonyl (C=O) groups is 1. The molecule has 0 spiro atoms. The van der Waals surface area contributed by atoms with Gasteiger partial charge >= 0.3 is 0 Å². The number of fused-ring (bicyclic) bond motifs is 1. The van der Waals surface area contributed by atoms with E-state index in [9.17, 15) is 4.79 Å². The van der Waals surface area contributed by atoms with Crippen LogP contribution >= 0.6 is 0 Å². The number of hydrogen-bond donors (Lipinski definition) is 0. The van der Waals surface area contributed by atoms with E-state index in [4.69, 9.17) is 19.3 Å². The molecule has 2 heterocycles. The zero-order chi connectivity index (χ0) is 20.6. The smallest absolute Gasteiger partial charge is 0.274 e. The van der Waals surface area contributed by atoms with Crippen molar-refractivity contribution in [2.45, 2.75) is 31.9 Å². The molecule has 1 amide bonds. The van der Waals surface area contributed by atoms with Gasteiger partial charge in [0.2, 0.25) is 0 Å². The van der Waals surface area contributed by atoms with Crippen molar-refractivity contribution in [3.63, 3.8) is 0 Å². The number of rotatable bonds is 4. The third kappa shape index (κ3) is 3.72. The number of hydrogen-bond acceptors (Lipinski definition) is 5. The summed E-state index contributed by atoms with van der Waals surface area (Å²) in [6.45, 7) is 4.65. The van der Waals surface area contributed by atoms with Crippen molar-refractivity contribution >= 4 is 11.6 Å². The van der Waals surface area contributed by atoms with Crippen molar-refractivity contribution in [3.05, 3.63) is 59.7 Å². The van der Waals surface area contributed by atoms with E-state index in [0.29, 0.717) is 24.3 Å². The van der Waals surface area contributed by atoms with Crippen molar-refractivity contribution in [2.24, 2.45) is 11.0 Å². The average Bonchev–Trinajstić information content (AvgIpc) is 3.10. The molecule has 2 aliphatic rings. The molecule has 29 heavy (non-hydrogen) atoms. The van der Waals surface area contributed by atoms with E-state index in [0.717, 1.165) is 17.0 Å². The van der Waals surface area contributed by atoms with Crippen LogP contribution in [0.3, 0.4) is 0 Å². The topological polar surface area (TPSA) is 60.4 Å². The number of amides is 1. The summed E-state index contributed by atoms with van der Waals surface area (Å²) < 4.78 is 16.6. The molecule has 2 aromatic rings. The third-order valence-electron chi connectivity index (χ3n) is 5.57. The first-order valence-corrected chi connectivity index (χ1v) is 9.75. The van der Waals surface area contributed by atoms with Crippen molar-refractivity contribution in [3.8, 4) is 11.5 Å². The molecule has 0 saturated carbocycles. The lowest BCUT2D eigenvalue weighted by Crippen LogP contribution is -2.41. The SMILES string of the molecule is COc1ccc(C(=O)N2N=C3CC(C)(C)OC[C@H]3[C@H]2c2ccc(OC)cc2)cc1. The van der Waals surface area contributed by atoms with Crippen LogP contribution in [0.5, 0.6) is 11.5 Å². The van der Waals surface area contributed by atoms with E-state index in [1.165, 1.54) is 0 Å². The van der Waals surface area contributed by atoms with Crippen LogP contribution in [0.1, 0.15) is 42.2 Å². The summed E-state index contributed by atoms with van der Waals surface area (Å²) >= 11 is 0. The Morgan fingerprint density at radius 1 is 1.03 bits per heavy atom. The third-order valence-corrected chi connectivity index (χ3v) is 5.57. The molecule has 2 aliphatic heterocycles. The molecular formula is C23H26N2O4. The Hall–Kier alpha value is -2.86. The lowest BCUT2D eigenvalue weighted by atomic mass is 9.83. The lowest BCUT2D eigenvalue weighted by molar-refractivity contribution is -0.0424. The molecule has 1 fully saturated rings. The highest BCUT2D eigenvalue weighted by molar-refractivity contribution is 5.99. The Bertz CT molecular complexity index is 919. The van der Waals surface area contributed by atoms with Gasteiger partial charge in [0, 0.05) is 23.6 Å². The molecule has 0 N–H and O–H groups in total. The number of hydrazone groups is 1. The number of nitrogens with zero attached hydrogens (tertiary/aromatic N) is 2. The maximum Gasteiger partial charge on any atom is 0.274 e. The Balaban J connectivity index is 1.70. The molecular weight excluding hydrogens is 368 g/mol. The summed E-state index contributed by atoms with van der Waals surface area (Å²) in [6, 6.07) is 14.7. The van der Waals surface area contributed by atoms with Crippen LogP contribution in [0.2, 0.25) is 0 Å². The van der Waals surface area contributed by atoms with E-state index >= 15 is 0 Å². The summed E-state index contributed by atoms with van der Waals surface area (Å²) in [5.41, 5.74) is 2.33. The van der Waals surface area contributed by atoms with Gasteiger partial charge in [0.1, 0.15) is 11.5 Å². The minimum Gasteiger partial charge on any atom is -0.497 e. The van der Waals surface area contributed by atoms with Gasteiger partial charge in [-0.25, -0.2) is 5.01 Å². The minimum absolute atomic E-state index is 0.0404. The zero-order valence-electron chi connectivity index (χ0n) is 17.2. The van der Waals surface area contributed by atoms with Crippen molar-refractivity contribution < 1.29 is 19.0 Å². The fraction of sp³-hybridized carbons (Fsp3) is 0.391. The van der Waals surface area contributed by atoms with Gasteiger partial charge in [-0.05, 0) is 55.8 Å². The predicted octanol–water partition coefficient (Wildman–Crippen LogP) is 4.07. The fourth-order valence-electron chi connectivity index (χ4n) is 4.00. The quantitative estimate of drug-likeness (QED) is 0.784. The van der Waals surface area contributed by atoms with Crippen LogP contribution in [0, 0.1) is 5.92 Å². The lowest BCUT2D eigenvalue weighted by Gasteiger charge is -2.36. The van der Waals surface area contributed by atoms with Crippen LogP contribution in [-0.4, -0.2) is 43.1 Å². The molecule has 2 aromatic carbocycles. The first-order chi connectivity index (χ1) is 13.9. The van der Waals surface area contributed by atoms with Gasteiger partial charge in [-0.1, -0.05) is 12.1 Å². The maximum atomic E-state index is 13.4. The van der Waals surface area contributed by atoms with Crippen LogP contribution in [0.15, 0.2) is 53.6 Å². The molecule has 6 heteroatoms. The molecule has 0 bridgehead atoms. The first-order valence-electron chi connectivity index (χ1n) is 9.75. The highest BCUT2D eigenvalue weighted by atomic mass is 16.5. The molecule has 4 rings (SSSR count). The van der Waals surface area contributed by atoms with Gasteiger partial charge in [-0.3, -0.25) is 4.79 Å². The number of methoxy groups -OCH3 is 2. The molecule has 0 aromatic heterocycles. The molecule has 2 atom stereocenters. The summed E-state index contributed by atoms with van der Waals surface area (Å²) in [6.07, 6.45) is 0.705. The van der Waals surface area contributed by atoms with E-state index in [1.54, 1.807) is 43.5 Å². The number of benzene rings is 2. The van der Waals surface area contributed by atoms with Gasteiger partial charge in [-0.2, -0.15) is 5.10 Å². The summed E-state index contributed by atoms with van der Waals surface area (Å²) in [4.78, 5) is 13.4. The van der Waals surface area contributed by atoms with Crippen molar-refractivity contribution in [2.75, 3.05) is 20.8 Å². The molecule has 152 valence electrons. The van der Waals surface area contributed by atoms with Gasteiger partial charge in [0.25, 0.3) is 5.91 Å². The molecule has 0 aliphatic carbocycles. The van der Waals surface area contributed by atoms with Gasteiger partial charge in [0.05, 0.1) is 32.5 Å². The highest BCUT2D eigenvalue weighted by Gasteiger charge is 2.46. The number of ether oxygens (including phenoxy) is 3. The van der Waals surface area contributed by atoms with Gasteiger partial charge in [0.15, 0.2) is 0 Å². The summed E-state index contributed by atoms with van der Waals surface area (Å²) in [7, 11) is 3.25. The van der Waals surface area contributed by atoms with Crippen molar-refractivity contribution in [1.82, 2.24) is 5.01 Å². The molecule has 0 unspecified atom stereocenters. The zero-order valence-corrected chi connectivity index (χ0v) is 17.2. The maximum absolute atomic E-state index is 13.4. The van der Waals surface area contributed by atoms with Gasteiger partial charge < -0.3 is 14.2 Å². The molecule has 1 saturated heterocycles. The van der Waals surface area contributed by atoms with Crippen LogP contribution in [0.25, 0.3) is 0 Å². The van der Waals surface area contributed by atoms with Crippen LogP contribution < -0.4 is 9.47 Å². The summed E-state index contributed by atoms with van der Waals surface area (Å²) in [5, 5.41) is 6.40. The van der Waals surface area contributed by atoms with Gasteiger partial charge in [-0.15, -0.1) is 0 Å². The highest BCUT2D eigenvalue weighted by Crippen LogP contribution is 2.42. The van der Waals surface area contributed by atoms with Crippen LogP contribution in [-0.2, 0) is 4.74 Å². The normalized spacial score (nSPS) is 22.6. The second kappa shape index (κ2) is 7.52. The largest absolute Gasteiger partial charge is 0.497 e. The minimum atomic E-state index is -0.279. The Morgan fingerprint density at radius 2 is 1.62 bits per heavy atom. The number of carbonyl (C=O) groups excluding carboxylic acids is 1. The van der Waals surface area contributed by atoms with E-state index in [2.05, 4.69) is 13.8 Å². The second-order valence-electron chi connectivity index (χ2n) is 8.04. The molecule has 0 radical (unpaired) electrons. The second-order valence-corrected chi connectivity index (χ2v) is 8.04. The Morgan fingerprint density at radius 3 is 2.21 bits per heavy atom. The Kier molecular flexibility index (Phi) is 5.04. The monoisotopic (exact) mass is 394 g/mol. The van der Waals surface area contributed by atoms with Crippen molar-refractivity contribution in [1.29, 1.82) is 0 Å². The predicted molar refractivity (Wildman–Crippen MR) is 110 cm³/mol. The molecule has 6 nitrogen and oxygen atoms in total. The average molecular weight is 394 g/mol. The van der Waals surface area contributed by atoms with Crippen LogP contribution in [0.4, 0.5) is 0 Å².